The molecule has 5 rings (SSSR count). The number of imidazole rings is 1. The number of rotatable bonds is 9. The van der Waals surface area contributed by atoms with E-state index in [0.29, 0.717) is 25.5 Å². The van der Waals surface area contributed by atoms with Crippen LogP contribution in [0.4, 0.5) is 0 Å². The Labute approximate surface area is 271 Å². The van der Waals surface area contributed by atoms with Crippen molar-refractivity contribution in [1.82, 2.24) is 23.5 Å². The molecule has 3 heterocycles. The number of nitrogens with one attached hydrogen (secondary N) is 1. The number of carbonyl (C=O) groups excluding carboxylic acids is 3. The second-order valence-corrected chi connectivity index (χ2v) is 15.0. The number of allylic oxidation sites excluding steroid dienone is 2. The van der Waals surface area contributed by atoms with Gasteiger partial charge in [0.15, 0.2) is 5.78 Å². The lowest BCUT2D eigenvalue weighted by molar-refractivity contribution is -0.141. The van der Waals surface area contributed by atoms with Gasteiger partial charge in [-0.15, -0.1) is 0 Å². The maximum atomic E-state index is 14.2. The molecule has 0 unspecified atom stereocenters. The summed E-state index contributed by atoms with van der Waals surface area (Å²) in [6.07, 6.45) is 9.10. The molecule has 13 heteroatoms. The van der Waals surface area contributed by atoms with Crippen LogP contribution in [0.3, 0.4) is 0 Å². The van der Waals surface area contributed by atoms with Gasteiger partial charge < -0.3 is 14.4 Å². The maximum absolute atomic E-state index is 14.2. The standard InChI is InChI=1S/C33H47N5O7S/c1-5-17-44-22-38-27-16-12-11-15-26(27)34-32(38)45-25-18-28-29(39)20-33(31(41)35-46(42,43)36(3)4)19-24(33)14-10-8-6-7-9-13-23(2)30(40)37(28)21-25/h10-12,14-16,23-25,28H,5-9,13,17-22H2,1-4H3,(H,35,41)/b14-10-/t23-,24-,25+,28-,33+/m0/s1. The van der Waals surface area contributed by atoms with Crippen LogP contribution in [0.15, 0.2) is 36.4 Å². The van der Waals surface area contributed by atoms with Crippen molar-refractivity contribution in [3.8, 4) is 6.01 Å². The van der Waals surface area contributed by atoms with Crippen molar-refractivity contribution in [3.63, 3.8) is 0 Å². The summed E-state index contributed by atoms with van der Waals surface area (Å²) in [5.41, 5.74) is 0.413. The van der Waals surface area contributed by atoms with E-state index in [-0.39, 0.29) is 49.6 Å². The highest BCUT2D eigenvalue weighted by molar-refractivity contribution is 7.87. The molecular weight excluding hydrogens is 610 g/mol. The first-order valence-corrected chi connectivity index (χ1v) is 17.8. The molecule has 1 aromatic carbocycles. The van der Waals surface area contributed by atoms with Crippen molar-refractivity contribution in [2.45, 2.75) is 90.5 Å². The molecule has 1 N–H and O–H groups in total. The molecule has 1 aromatic heterocycles. The van der Waals surface area contributed by atoms with E-state index >= 15 is 0 Å². The van der Waals surface area contributed by atoms with Gasteiger partial charge in [-0.1, -0.05) is 51.0 Å². The highest BCUT2D eigenvalue weighted by Crippen LogP contribution is 2.57. The van der Waals surface area contributed by atoms with Gasteiger partial charge >= 0.3 is 10.2 Å². The molecule has 1 aliphatic carbocycles. The molecule has 0 spiro atoms. The lowest BCUT2D eigenvalue weighted by atomic mass is 9.91. The SMILES string of the molecule is CCCOCn1c(O[C@@H]2C[C@H]3C(=O)C[C@]4(C(=O)NS(=O)(=O)N(C)C)C[C@@H]4/C=C\CCCCC[C@H](C)C(=O)N3C2)nc2ccccc21. The maximum Gasteiger partial charge on any atom is 0.303 e. The number of benzene rings is 1. The Balaban J connectivity index is 1.42. The monoisotopic (exact) mass is 657 g/mol. The minimum atomic E-state index is -4.05. The minimum absolute atomic E-state index is 0.113. The summed E-state index contributed by atoms with van der Waals surface area (Å²) in [6, 6.07) is 7.21. The van der Waals surface area contributed by atoms with E-state index in [9.17, 15) is 22.8 Å². The molecule has 2 aliphatic heterocycles. The van der Waals surface area contributed by atoms with Crippen LogP contribution in [0.25, 0.3) is 11.0 Å². The zero-order valence-electron chi connectivity index (χ0n) is 27.3. The van der Waals surface area contributed by atoms with Crippen molar-refractivity contribution >= 4 is 38.8 Å². The summed E-state index contributed by atoms with van der Waals surface area (Å²) in [5, 5.41) is 0. The van der Waals surface area contributed by atoms with Crippen molar-refractivity contribution in [2.24, 2.45) is 17.3 Å². The molecule has 1 saturated heterocycles. The number of aromatic nitrogens is 2. The third-order valence-corrected chi connectivity index (χ3v) is 10.9. The molecule has 2 fully saturated rings. The number of hydrogen-bond acceptors (Lipinski definition) is 8. The van der Waals surface area contributed by atoms with E-state index in [1.165, 1.54) is 14.1 Å². The number of para-hydroxylation sites is 2. The van der Waals surface area contributed by atoms with Crippen molar-refractivity contribution in [3.05, 3.63) is 36.4 Å². The number of fused-ring (bicyclic) bond motifs is 3. The highest BCUT2D eigenvalue weighted by Gasteiger charge is 2.61. The van der Waals surface area contributed by atoms with Gasteiger partial charge in [0.2, 0.25) is 11.8 Å². The Hall–Kier alpha value is -3.29. The number of nitrogens with zero attached hydrogens (tertiary/aromatic N) is 4. The van der Waals surface area contributed by atoms with Gasteiger partial charge in [-0.3, -0.25) is 19.0 Å². The van der Waals surface area contributed by atoms with E-state index in [0.717, 1.165) is 47.4 Å². The highest BCUT2D eigenvalue weighted by atomic mass is 32.2. The lowest BCUT2D eigenvalue weighted by Crippen LogP contribution is -2.47. The van der Waals surface area contributed by atoms with Gasteiger partial charge in [0, 0.05) is 39.5 Å². The van der Waals surface area contributed by atoms with Gasteiger partial charge in [-0.25, -0.2) is 4.72 Å². The first-order chi connectivity index (χ1) is 22.0. The Kier molecular flexibility index (Phi) is 10.5. The number of carbonyl (C=O) groups is 3. The van der Waals surface area contributed by atoms with Crippen LogP contribution in [0.5, 0.6) is 6.01 Å². The molecule has 5 atom stereocenters. The average Bonchev–Trinajstić information content (AvgIpc) is 3.36. The average molecular weight is 658 g/mol. The van der Waals surface area contributed by atoms with E-state index in [1.807, 2.05) is 54.8 Å². The molecule has 0 bridgehead atoms. The minimum Gasteiger partial charge on any atom is -0.459 e. The molecule has 12 nitrogen and oxygen atoms in total. The number of Topliss-reactive ketones (excluding diaryl/α,β-unsaturated/α-hetero) is 1. The summed E-state index contributed by atoms with van der Waals surface area (Å²) >= 11 is 0. The number of ether oxygens (including phenoxy) is 2. The quantitative estimate of drug-likeness (QED) is 0.317. The van der Waals surface area contributed by atoms with Crippen molar-refractivity contribution in [2.75, 3.05) is 27.2 Å². The third kappa shape index (κ3) is 7.31. The second kappa shape index (κ2) is 14.2. The van der Waals surface area contributed by atoms with Crippen LogP contribution in [0.1, 0.15) is 71.6 Å². The fourth-order valence-corrected chi connectivity index (χ4v) is 7.19. The van der Waals surface area contributed by atoms with Crippen LogP contribution in [0, 0.1) is 17.3 Å². The van der Waals surface area contributed by atoms with Crippen LogP contribution in [-0.2, 0) is 36.1 Å². The predicted molar refractivity (Wildman–Crippen MR) is 173 cm³/mol. The molecule has 3 aliphatic rings. The van der Waals surface area contributed by atoms with E-state index in [1.54, 1.807) is 4.90 Å². The first-order valence-electron chi connectivity index (χ1n) is 16.4. The van der Waals surface area contributed by atoms with Gasteiger partial charge in [-0.2, -0.15) is 17.7 Å². The fraction of sp³-hybridized carbons (Fsp3) is 0.636. The third-order valence-electron chi connectivity index (χ3n) is 9.45. The van der Waals surface area contributed by atoms with Crippen LogP contribution < -0.4 is 9.46 Å². The molecular formula is C33H47N5O7S. The van der Waals surface area contributed by atoms with E-state index in [2.05, 4.69) is 4.72 Å². The summed E-state index contributed by atoms with van der Waals surface area (Å²) in [5.74, 6) is -1.62. The smallest absolute Gasteiger partial charge is 0.303 e. The Bertz CT molecular complexity index is 1570. The van der Waals surface area contributed by atoms with Crippen molar-refractivity contribution in [1.29, 1.82) is 0 Å². The summed E-state index contributed by atoms with van der Waals surface area (Å²) in [7, 11) is -1.37. The van der Waals surface area contributed by atoms with E-state index < -0.39 is 33.7 Å². The summed E-state index contributed by atoms with van der Waals surface area (Å²) < 4.78 is 42.4. The number of amides is 2. The molecule has 0 radical (unpaired) electrons. The van der Waals surface area contributed by atoms with Crippen LogP contribution in [-0.4, -0.2) is 84.2 Å². The molecule has 252 valence electrons. The lowest BCUT2D eigenvalue weighted by Gasteiger charge is -2.27. The number of ketones is 1. The van der Waals surface area contributed by atoms with E-state index in [4.69, 9.17) is 14.5 Å². The molecule has 2 amide bonds. The summed E-state index contributed by atoms with van der Waals surface area (Å²) in [6.45, 7) is 4.97. The molecule has 46 heavy (non-hydrogen) atoms. The second-order valence-electron chi connectivity index (χ2n) is 13.1. The Morgan fingerprint density at radius 1 is 1.17 bits per heavy atom. The van der Waals surface area contributed by atoms with Gasteiger partial charge in [0.25, 0.3) is 6.01 Å². The fourth-order valence-electron chi connectivity index (χ4n) is 6.57. The molecule has 1 saturated carbocycles. The summed E-state index contributed by atoms with van der Waals surface area (Å²) in [4.78, 5) is 47.9. The largest absolute Gasteiger partial charge is 0.459 e. The first kappa shape index (κ1) is 34.1. The van der Waals surface area contributed by atoms with Crippen LogP contribution >= 0.6 is 0 Å². The van der Waals surface area contributed by atoms with Gasteiger partial charge in [-0.05, 0) is 50.2 Å². The van der Waals surface area contributed by atoms with Crippen molar-refractivity contribution < 1.29 is 32.3 Å². The Morgan fingerprint density at radius 3 is 2.72 bits per heavy atom. The topological polar surface area (TPSA) is 140 Å². The predicted octanol–water partition coefficient (Wildman–Crippen LogP) is 3.81. The zero-order valence-corrected chi connectivity index (χ0v) is 28.1. The van der Waals surface area contributed by atoms with Crippen LogP contribution in [0.2, 0.25) is 0 Å². The normalized spacial score (nSPS) is 28.3. The molecule has 2 aromatic rings. The van der Waals surface area contributed by atoms with Gasteiger partial charge in [0.1, 0.15) is 12.8 Å². The Morgan fingerprint density at radius 2 is 1.96 bits per heavy atom. The zero-order chi connectivity index (χ0) is 33.1. The van der Waals surface area contributed by atoms with Gasteiger partial charge in [0.05, 0.1) is 29.0 Å². The number of hydrogen-bond donors (Lipinski definition) is 1.